The molecule has 2 aromatic heterocycles. The van der Waals surface area contributed by atoms with Crippen LogP contribution < -0.4 is 11.1 Å². The Morgan fingerprint density at radius 1 is 1.15 bits per heavy atom. The van der Waals surface area contributed by atoms with Crippen LogP contribution in [-0.4, -0.2) is 40.3 Å². The van der Waals surface area contributed by atoms with E-state index in [-0.39, 0.29) is 22.0 Å². The molecule has 4 N–H and O–H groups in total. The molecule has 0 fully saturated rings. The van der Waals surface area contributed by atoms with E-state index >= 15 is 0 Å². The third kappa shape index (κ3) is 3.92. The maximum absolute atomic E-state index is 11.7. The number of nitrogens with zero attached hydrogens (tertiary/aromatic N) is 3. The first-order chi connectivity index (χ1) is 12.5. The maximum atomic E-state index is 11.7. The fourth-order valence-corrected chi connectivity index (χ4v) is 3.40. The van der Waals surface area contributed by atoms with Crippen LogP contribution in [0.25, 0.3) is 22.0 Å². The number of phenolic OH excluding ortho intramolecular Hbond substituents is 1. The van der Waals surface area contributed by atoms with Crippen LogP contribution in [0.1, 0.15) is 20.8 Å². The summed E-state index contributed by atoms with van der Waals surface area (Å²) in [6.07, 6.45) is 4.17. The molecule has 27 heavy (non-hydrogen) atoms. The van der Waals surface area contributed by atoms with Crippen LogP contribution >= 0.6 is 0 Å². The van der Waals surface area contributed by atoms with Gasteiger partial charge in [0.15, 0.2) is 9.84 Å². The summed E-state index contributed by atoms with van der Waals surface area (Å²) in [6, 6.07) is 4.33. The first-order valence-corrected chi connectivity index (χ1v) is 10.1. The van der Waals surface area contributed by atoms with Crippen LogP contribution in [0.4, 0.5) is 11.8 Å². The van der Waals surface area contributed by atoms with Crippen molar-refractivity contribution in [1.82, 2.24) is 15.0 Å². The predicted octanol–water partition coefficient (Wildman–Crippen LogP) is 2.59. The molecule has 0 aliphatic heterocycles. The zero-order valence-corrected chi connectivity index (χ0v) is 16.3. The number of phenols is 1. The van der Waals surface area contributed by atoms with Gasteiger partial charge in [0.1, 0.15) is 16.5 Å². The highest BCUT2D eigenvalue weighted by atomic mass is 32.2. The molecule has 0 radical (unpaired) electrons. The fourth-order valence-electron chi connectivity index (χ4n) is 2.64. The Hall–Kier alpha value is -2.94. The van der Waals surface area contributed by atoms with Gasteiger partial charge in [-0.2, -0.15) is 0 Å². The summed E-state index contributed by atoms with van der Waals surface area (Å²) in [4.78, 5) is 12.9. The van der Waals surface area contributed by atoms with Crippen molar-refractivity contribution in [3.63, 3.8) is 0 Å². The van der Waals surface area contributed by atoms with Crippen LogP contribution in [0.5, 0.6) is 5.75 Å². The lowest BCUT2D eigenvalue weighted by Crippen LogP contribution is -2.27. The summed E-state index contributed by atoms with van der Waals surface area (Å²) in [5.41, 5.74) is 7.44. The molecule has 142 valence electrons. The summed E-state index contributed by atoms with van der Waals surface area (Å²) >= 11 is 0. The summed E-state index contributed by atoms with van der Waals surface area (Å²) < 4.78 is 23.4. The van der Waals surface area contributed by atoms with Crippen molar-refractivity contribution < 1.29 is 13.5 Å². The summed E-state index contributed by atoms with van der Waals surface area (Å²) in [5, 5.41) is 13.9. The van der Waals surface area contributed by atoms with E-state index in [4.69, 9.17) is 5.73 Å². The van der Waals surface area contributed by atoms with Crippen LogP contribution in [0.3, 0.4) is 0 Å². The average molecular weight is 387 g/mol. The van der Waals surface area contributed by atoms with Crippen molar-refractivity contribution >= 4 is 32.5 Å². The van der Waals surface area contributed by atoms with Crippen molar-refractivity contribution in [2.24, 2.45) is 0 Å². The van der Waals surface area contributed by atoms with Gasteiger partial charge in [-0.25, -0.2) is 23.4 Å². The smallest absolute Gasteiger partial charge is 0.223 e. The second-order valence-electron chi connectivity index (χ2n) is 7.34. The predicted molar refractivity (Wildman–Crippen MR) is 105 cm³/mol. The lowest BCUT2D eigenvalue weighted by molar-refractivity contribution is 0.459. The number of fused-ring (bicyclic) bond motifs is 1. The van der Waals surface area contributed by atoms with Crippen LogP contribution in [0, 0.1) is 0 Å². The van der Waals surface area contributed by atoms with Gasteiger partial charge >= 0.3 is 0 Å². The summed E-state index contributed by atoms with van der Waals surface area (Å²) in [7, 11) is -3.53. The van der Waals surface area contributed by atoms with E-state index in [1.165, 1.54) is 12.1 Å². The molecule has 0 aliphatic carbocycles. The molecule has 1 aromatic carbocycles. The third-order valence-electron chi connectivity index (χ3n) is 3.81. The summed E-state index contributed by atoms with van der Waals surface area (Å²) in [6.45, 7) is 5.97. The minimum absolute atomic E-state index is 0.135. The first kappa shape index (κ1) is 18.8. The van der Waals surface area contributed by atoms with E-state index in [1.54, 1.807) is 18.5 Å². The molecule has 0 bridgehead atoms. The Bertz CT molecular complexity index is 1140. The Morgan fingerprint density at radius 2 is 1.85 bits per heavy atom. The van der Waals surface area contributed by atoms with E-state index in [0.717, 1.165) is 6.26 Å². The van der Waals surface area contributed by atoms with Gasteiger partial charge in [0.05, 0.1) is 10.9 Å². The van der Waals surface area contributed by atoms with Crippen molar-refractivity contribution in [3.8, 4) is 16.9 Å². The number of nitrogen functional groups attached to an aromatic ring is 1. The van der Waals surface area contributed by atoms with Gasteiger partial charge in [0.25, 0.3) is 0 Å². The van der Waals surface area contributed by atoms with Crippen LogP contribution in [-0.2, 0) is 9.84 Å². The van der Waals surface area contributed by atoms with Gasteiger partial charge in [-0.3, -0.25) is 0 Å². The molecule has 8 nitrogen and oxygen atoms in total. The van der Waals surface area contributed by atoms with Crippen molar-refractivity contribution in [3.05, 3.63) is 30.6 Å². The van der Waals surface area contributed by atoms with Crippen LogP contribution in [0.2, 0.25) is 0 Å². The molecular formula is C18H21N5O3S. The second kappa shape index (κ2) is 6.34. The van der Waals surface area contributed by atoms with Gasteiger partial charge in [-0.15, -0.1) is 0 Å². The topological polar surface area (TPSA) is 131 Å². The minimum atomic E-state index is -3.53. The lowest BCUT2D eigenvalue weighted by atomic mass is 10.0. The molecular weight excluding hydrogens is 366 g/mol. The number of sulfone groups is 1. The molecule has 0 atom stereocenters. The minimum Gasteiger partial charge on any atom is -0.507 e. The van der Waals surface area contributed by atoms with Gasteiger partial charge in [0, 0.05) is 29.8 Å². The van der Waals surface area contributed by atoms with Crippen molar-refractivity contribution in [2.45, 2.75) is 31.2 Å². The largest absolute Gasteiger partial charge is 0.507 e. The highest BCUT2D eigenvalue weighted by Gasteiger charge is 2.17. The molecule has 0 aliphatic rings. The first-order valence-electron chi connectivity index (χ1n) is 8.18. The fraction of sp³-hybridized carbons (Fsp3) is 0.278. The van der Waals surface area contributed by atoms with Crippen LogP contribution in [0.15, 0.2) is 35.5 Å². The maximum Gasteiger partial charge on any atom is 0.223 e. The summed E-state index contributed by atoms with van der Waals surface area (Å²) in [5.74, 6) is 0.383. The molecule has 0 spiro atoms. The zero-order chi connectivity index (χ0) is 20.0. The van der Waals surface area contributed by atoms with E-state index in [0.29, 0.717) is 28.0 Å². The zero-order valence-electron chi connectivity index (χ0n) is 15.5. The van der Waals surface area contributed by atoms with E-state index in [9.17, 15) is 13.5 Å². The Kier molecular flexibility index (Phi) is 4.43. The normalized spacial score (nSPS) is 12.3. The molecule has 9 heteroatoms. The quantitative estimate of drug-likeness (QED) is 0.625. The van der Waals surface area contributed by atoms with E-state index < -0.39 is 9.84 Å². The Labute approximate surface area is 157 Å². The highest BCUT2D eigenvalue weighted by Crippen LogP contribution is 2.34. The van der Waals surface area contributed by atoms with E-state index in [1.807, 2.05) is 20.8 Å². The molecule has 0 saturated heterocycles. The SMILES string of the molecule is CC(C)(C)Nc1ncc2c(N)ncc(-c3ccc(S(C)(=O)=O)c(O)c3)c2n1. The second-order valence-corrected chi connectivity index (χ2v) is 9.33. The monoisotopic (exact) mass is 387 g/mol. The average Bonchev–Trinajstić information content (AvgIpc) is 2.52. The molecule has 3 rings (SSSR count). The molecule has 3 aromatic rings. The number of nitrogens with two attached hydrogens (primary N) is 1. The van der Waals surface area contributed by atoms with Crippen molar-refractivity contribution in [2.75, 3.05) is 17.3 Å². The van der Waals surface area contributed by atoms with E-state index in [2.05, 4.69) is 20.3 Å². The third-order valence-corrected chi connectivity index (χ3v) is 4.95. The van der Waals surface area contributed by atoms with Gasteiger partial charge in [-0.1, -0.05) is 6.07 Å². The molecule has 0 amide bonds. The Morgan fingerprint density at radius 3 is 2.44 bits per heavy atom. The number of benzene rings is 1. The number of hydrogen-bond acceptors (Lipinski definition) is 8. The standard InChI is InChI=1S/C18H21N5O3S/c1-18(2,3)23-17-21-9-12-15(22-17)11(8-20-16(12)19)10-5-6-14(13(24)7-10)27(4,25)26/h5-9,24H,1-4H3,(H2,19,20)(H,21,22,23). The number of hydrogen-bond donors (Lipinski definition) is 3. The molecule has 0 unspecified atom stereocenters. The lowest BCUT2D eigenvalue weighted by Gasteiger charge is -2.20. The number of aromatic hydroxyl groups is 1. The molecule has 0 saturated carbocycles. The number of rotatable bonds is 3. The Balaban J connectivity index is 2.21. The van der Waals surface area contributed by atoms with Gasteiger partial charge in [0.2, 0.25) is 5.95 Å². The van der Waals surface area contributed by atoms with Gasteiger partial charge < -0.3 is 16.2 Å². The number of pyridine rings is 1. The molecule has 2 heterocycles. The van der Waals surface area contributed by atoms with Gasteiger partial charge in [-0.05, 0) is 38.5 Å². The highest BCUT2D eigenvalue weighted by molar-refractivity contribution is 7.90. The number of aromatic nitrogens is 3. The van der Waals surface area contributed by atoms with Crippen molar-refractivity contribution in [1.29, 1.82) is 0 Å². The number of nitrogens with one attached hydrogen (secondary N) is 1. The number of anilines is 2.